The van der Waals surface area contributed by atoms with Crippen molar-refractivity contribution in [3.05, 3.63) is 59.5 Å². The van der Waals surface area contributed by atoms with Gasteiger partial charge in [-0.15, -0.1) is 24.0 Å². The molecular formula is C24H38IN5O2. The number of aliphatic imine (C=N–C) groups is 1. The molecule has 3 rings (SSSR count). The Bertz CT molecular complexity index is 817. The summed E-state index contributed by atoms with van der Waals surface area (Å²) in [6.07, 6.45) is 0. The highest BCUT2D eigenvalue weighted by atomic mass is 127. The average Bonchev–Trinajstić information content (AvgIpc) is 3.21. The van der Waals surface area contributed by atoms with Gasteiger partial charge >= 0.3 is 0 Å². The quantitative estimate of drug-likeness (QED) is 0.251. The molecule has 1 aliphatic rings. The summed E-state index contributed by atoms with van der Waals surface area (Å²) in [5, 5.41) is 17.4. The Balaban J connectivity index is 0.00000363. The van der Waals surface area contributed by atoms with Crippen LogP contribution in [-0.4, -0.2) is 73.2 Å². The second-order valence-corrected chi connectivity index (χ2v) is 8.41. The smallest absolute Gasteiger partial charge is 0.191 e. The van der Waals surface area contributed by atoms with Gasteiger partial charge in [0.1, 0.15) is 17.1 Å². The molecule has 0 bridgehead atoms. The van der Waals surface area contributed by atoms with Crippen LogP contribution in [0.4, 0.5) is 0 Å². The van der Waals surface area contributed by atoms with Crippen molar-refractivity contribution in [3.8, 4) is 0 Å². The topological polar surface area (TPSA) is 76.3 Å². The van der Waals surface area contributed by atoms with Crippen LogP contribution < -0.4 is 10.6 Å². The molecule has 0 radical (unpaired) electrons. The molecule has 2 aromatic rings. The molecule has 0 aliphatic carbocycles. The van der Waals surface area contributed by atoms with Crippen molar-refractivity contribution >= 4 is 29.9 Å². The van der Waals surface area contributed by atoms with Crippen LogP contribution in [0.1, 0.15) is 30.9 Å². The molecule has 7 nitrogen and oxygen atoms in total. The van der Waals surface area contributed by atoms with Crippen LogP contribution in [0.25, 0.3) is 0 Å². The zero-order chi connectivity index (χ0) is 22.1. The van der Waals surface area contributed by atoms with E-state index in [9.17, 15) is 5.11 Å². The molecule has 1 unspecified atom stereocenters. The molecule has 8 heteroatoms. The molecule has 1 aromatic carbocycles. The summed E-state index contributed by atoms with van der Waals surface area (Å²) < 4.78 is 5.58. The van der Waals surface area contributed by atoms with Crippen molar-refractivity contribution in [1.29, 1.82) is 0 Å². The highest BCUT2D eigenvalue weighted by Gasteiger charge is 2.26. The van der Waals surface area contributed by atoms with Gasteiger partial charge in [-0.3, -0.25) is 9.80 Å². The molecule has 1 atom stereocenters. The maximum atomic E-state index is 10.7. The lowest BCUT2D eigenvalue weighted by Crippen LogP contribution is -2.49. The maximum absolute atomic E-state index is 10.7. The number of nitrogens with one attached hydrogen (secondary N) is 2. The SMILES string of the molecule is CCNC(=NCC(C)(O)c1ccc(C)o1)NCCN1CCN(Cc2ccccc2)CC1.I. The lowest BCUT2D eigenvalue weighted by atomic mass is 10.0. The maximum Gasteiger partial charge on any atom is 0.191 e. The second kappa shape index (κ2) is 13.2. The Hall–Kier alpha value is -1.62. The van der Waals surface area contributed by atoms with Crippen molar-refractivity contribution in [3.63, 3.8) is 0 Å². The Morgan fingerprint density at radius 3 is 2.38 bits per heavy atom. The molecule has 1 fully saturated rings. The summed E-state index contributed by atoms with van der Waals surface area (Å²) in [5.74, 6) is 2.04. The van der Waals surface area contributed by atoms with E-state index in [0.29, 0.717) is 11.7 Å². The van der Waals surface area contributed by atoms with Gasteiger partial charge in [-0.25, -0.2) is 4.99 Å². The molecule has 0 amide bonds. The predicted molar refractivity (Wildman–Crippen MR) is 141 cm³/mol. The van der Waals surface area contributed by atoms with E-state index in [1.807, 2.05) is 26.0 Å². The molecule has 0 saturated carbocycles. The Labute approximate surface area is 209 Å². The summed E-state index contributed by atoms with van der Waals surface area (Å²) in [5.41, 5.74) is 0.246. The van der Waals surface area contributed by atoms with E-state index in [2.05, 4.69) is 55.8 Å². The Morgan fingerprint density at radius 2 is 1.75 bits per heavy atom. The van der Waals surface area contributed by atoms with Crippen LogP contribution >= 0.6 is 24.0 Å². The van der Waals surface area contributed by atoms with Crippen LogP contribution in [0.15, 0.2) is 51.9 Å². The number of halogens is 1. The van der Waals surface area contributed by atoms with Gasteiger partial charge in [0.25, 0.3) is 0 Å². The van der Waals surface area contributed by atoms with Gasteiger partial charge < -0.3 is 20.2 Å². The number of aliphatic hydroxyl groups is 1. The molecule has 3 N–H and O–H groups in total. The van der Waals surface area contributed by atoms with Gasteiger partial charge in [0.05, 0.1) is 6.54 Å². The molecule has 32 heavy (non-hydrogen) atoms. The monoisotopic (exact) mass is 555 g/mol. The largest absolute Gasteiger partial charge is 0.463 e. The predicted octanol–water partition coefficient (Wildman–Crippen LogP) is 2.79. The van der Waals surface area contributed by atoms with Gasteiger partial charge in [0.15, 0.2) is 5.96 Å². The fraction of sp³-hybridized carbons (Fsp3) is 0.542. The summed E-state index contributed by atoms with van der Waals surface area (Å²) >= 11 is 0. The molecule has 1 aliphatic heterocycles. The van der Waals surface area contributed by atoms with E-state index in [-0.39, 0.29) is 30.5 Å². The third-order valence-electron chi connectivity index (χ3n) is 5.59. The van der Waals surface area contributed by atoms with Crippen molar-refractivity contribution in [2.24, 2.45) is 4.99 Å². The first-order chi connectivity index (χ1) is 15.0. The number of benzene rings is 1. The van der Waals surface area contributed by atoms with Gasteiger partial charge in [0, 0.05) is 52.4 Å². The average molecular weight is 556 g/mol. The summed E-state index contributed by atoms with van der Waals surface area (Å²) in [6, 6.07) is 14.3. The van der Waals surface area contributed by atoms with Crippen LogP contribution in [0.3, 0.4) is 0 Å². The highest BCUT2D eigenvalue weighted by Crippen LogP contribution is 2.23. The Morgan fingerprint density at radius 1 is 1.06 bits per heavy atom. The minimum absolute atomic E-state index is 0. The van der Waals surface area contributed by atoms with Gasteiger partial charge in [-0.05, 0) is 38.5 Å². The fourth-order valence-electron chi connectivity index (χ4n) is 3.72. The number of aryl methyl sites for hydroxylation is 1. The number of guanidine groups is 1. The van der Waals surface area contributed by atoms with Crippen LogP contribution in [0.5, 0.6) is 0 Å². The first kappa shape index (κ1) is 26.6. The van der Waals surface area contributed by atoms with E-state index in [1.165, 1.54) is 5.56 Å². The van der Waals surface area contributed by atoms with Crippen molar-refractivity contribution < 1.29 is 9.52 Å². The first-order valence-corrected chi connectivity index (χ1v) is 11.3. The lowest BCUT2D eigenvalue weighted by Gasteiger charge is -2.34. The number of rotatable bonds is 9. The minimum Gasteiger partial charge on any atom is -0.463 e. The van der Waals surface area contributed by atoms with E-state index in [1.54, 1.807) is 6.92 Å². The molecule has 178 valence electrons. The minimum atomic E-state index is -1.13. The lowest BCUT2D eigenvalue weighted by molar-refractivity contribution is 0.0428. The third-order valence-corrected chi connectivity index (χ3v) is 5.59. The number of furan rings is 1. The van der Waals surface area contributed by atoms with Crippen LogP contribution in [0, 0.1) is 6.92 Å². The second-order valence-electron chi connectivity index (χ2n) is 8.41. The highest BCUT2D eigenvalue weighted by molar-refractivity contribution is 14.0. The molecular weight excluding hydrogens is 517 g/mol. The zero-order valence-corrected chi connectivity index (χ0v) is 21.8. The Kier molecular flexibility index (Phi) is 11.0. The number of nitrogens with zero attached hydrogens (tertiary/aromatic N) is 3. The third kappa shape index (κ3) is 8.38. The summed E-state index contributed by atoms with van der Waals surface area (Å²) in [6.45, 7) is 13.8. The van der Waals surface area contributed by atoms with Gasteiger partial charge in [0.2, 0.25) is 0 Å². The summed E-state index contributed by atoms with van der Waals surface area (Å²) in [7, 11) is 0. The van der Waals surface area contributed by atoms with E-state index < -0.39 is 5.60 Å². The van der Waals surface area contributed by atoms with E-state index in [0.717, 1.165) is 58.1 Å². The van der Waals surface area contributed by atoms with Crippen LogP contribution in [0.2, 0.25) is 0 Å². The fourth-order valence-corrected chi connectivity index (χ4v) is 3.72. The van der Waals surface area contributed by atoms with E-state index in [4.69, 9.17) is 4.42 Å². The number of piperazine rings is 1. The van der Waals surface area contributed by atoms with Crippen LogP contribution in [-0.2, 0) is 12.1 Å². The standard InChI is InChI=1S/C24H37N5O2.HI/c1-4-25-23(27-19-24(3,30)22-11-10-20(2)31-22)26-12-13-28-14-16-29(17-15-28)18-21-8-6-5-7-9-21;/h5-11,30H,4,12-19H2,1-3H3,(H2,25,26,27);1H. The molecule has 1 saturated heterocycles. The van der Waals surface area contributed by atoms with E-state index >= 15 is 0 Å². The van der Waals surface area contributed by atoms with Crippen molar-refractivity contribution in [1.82, 2.24) is 20.4 Å². The number of hydrogen-bond donors (Lipinski definition) is 3. The molecule has 2 heterocycles. The first-order valence-electron chi connectivity index (χ1n) is 11.3. The molecule has 1 aromatic heterocycles. The number of hydrogen-bond acceptors (Lipinski definition) is 5. The zero-order valence-electron chi connectivity index (χ0n) is 19.5. The normalized spacial score (nSPS) is 17.4. The van der Waals surface area contributed by atoms with Gasteiger partial charge in [-0.2, -0.15) is 0 Å². The van der Waals surface area contributed by atoms with Crippen molar-refractivity contribution in [2.45, 2.75) is 32.9 Å². The summed E-state index contributed by atoms with van der Waals surface area (Å²) in [4.78, 5) is 9.57. The van der Waals surface area contributed by atoms with Crippen molar-refractivity contribution in [2.75, 3.05) is 52.4 Å². The van der Waals surface area contributed by atoms with Gasteiger partial charge in [-0.1, -0.05) is 30.3 Å². The molecule has 0 spiro atoms.